The Balaban J connectivity index is 2.35. The van der Waals surface area contributed by atoms with Gasteiger partial charge in [-0.05, 0) is 73.4 Å². The molecule has 2 rings (SSSR count). The third kappa shape index (κ3) is 4.51. The van der Waals surface area contributed by atoms with Crippen LogP contribution in [0.4, 0.5) is 0 Å². The van der Waals surface area contributed by atoms with Crippen LogP contribution in [0.2, 0.25) is 18.1 Å². The minimum Gasteiger partial charge on any atom is -0.413 e. The van der Waals surface area contributed by atoms with Crippen LogP contribution in [0, 0.1) is 28.6 Å². The second kappa shape index (κ2) is 8.02. The average molecular weight is 407 g/mol. The fourth-order valence-electron chi connectivity index (χ4n) is 5.84. The molecule has 2 nitrogen and oxygen atoms in total. The fourth-order valence-corrected chi connectivity index (χ4v) is 7.26. The lowest BCUT2D eigenvalue weighted by Crippen LogP contribution is -2.51. The molecular weight excluding hydrogens is 360 g/mol. The van der Waals surface area contributed by atoms with Crippen molar-refractivity contribution in [2.45, 2.75) is 112 Å². The Hall–Kier alpha value is -0.413. The molecule has 28 heavy (non-hydrogen) atoms. The van der Waals surface area contributed by atoms with Crippen molar-refractivity contribution >= 4 is 14.6 Å². The fraction of sp³-hybridized carbons (Fsp3) is 0.880. The van der Waals surface area contributed by atoms with Gasteiger partial charge in [-0.25, -0.2) is 0 Å². The summed E-state index contributed by atoms with van der Waals surface area (Å²) in [7, 11) is -1.93. The highest BCUT2D eigenvalue weighted by Crippen LogP contribution is 2.60. The zero-order valence-electron chi connectivity index (χ0n) is 20.3. The van der Waals surface area contributed by atoms with Crippen LogP contribution in [0.5, 0.6) is 0 Å². The molecule has 0 unspecified atom stereocenters. The molecule has 0 aromatic heterocycles. The van der Waals surface area contributed by atoms with Gasteiger partial charge in [-0.1, -0.05) is 66.5 Å². The normalized spacial score (nSPS) is 32.9. The predicted octanol–water partition coefficient (Wildman–Crippen LogP) is 7.40. The van der Waals surface area contributed by atoms with Crippen LogP contribution in [0.25, 0.3) is 0 Å². The summed E-state index contributed by atoms with van der Waals surface area (Å²) in [5.74, 6) is 1.19. The quantitative estimate of drug-likeness (QED) is 0.261. The summed E-state index contributed by atoms with van der Waals surface area (Å²) in [6.45, 7) is 23.3. The summed E-state index contributed by atoms with van der Waals surface area (Å²) in [4.78, 5) is 11.8. The maximum absolute atomic E-state index is 11.8. The SMILES string of the molecule is CC1=CC[C@H]2C(C)(C)CCC[C@]2(C)[C@H]1C[C@@H](O[Si](C)(C)C(C)(C)C)[C@H](C)C=O. The molecule has 0 radical (unpaired) electrons. The lowest BCUT2D eigenvalue weighted by Gasteiger charge is -2.57. The third-order valence-electron chi connectivity index (χ3n) is 8.82. The highest BCUT2D eigenvalue weighted by Gasteiger charge is 2.52. The molecule has 2 aliphatic carbocycles. The number of rotatable bonds is 6. The molecule has 0 amide bonds. The molecule has 0 aromatic carbocycles. The van der Waals surface area contributed by atoms with Gasteiger partial charge >= 0.3 is 0 Å². The van der Waals surface area contributed by atoms with E-state index in [0.717, 1.165) is 18.6 Å². The molecule has 0 N–H and O–H groups in total. The first-order valence-corrected chi connectivity index (χ1v) is 14.4. The highest BCUT2D eigenvalue weighted by molar-refractivity contribution is 6.74. The highest BCUT2D eigenvalue weighted by atomic mass is 28.4. The van der Waals surface area contributed by atoms with Crippen LogP contribution in [-0.4, -0.2) is 20.7 Å². The summed E-state index contributed by atoms with van der Waals surface area (Å²) in [6, 6.07) is 0. The molecule has 5 atom stereocenters. The Morgan fingerprint density at radius 3 is 2.39 bits per heavy atom. The minimum absolute atomic E-state index is 0.0207. The predicted molar refractivity (Wildman–Crippen MR) is 123 cm³/mol. The monoisotopic (exact) mass is 406 g/mol. The van der Waals surface area contributed by atoms with Crippen LogP contribution >= 0.6 is 0 Å². The topological polar surface area (TPSA) is 26.3 Å². The van der Waals surface area contributed by atoms with E-state index in [9.17, 15) is 4.79 Å². The lowest BCUT2D eigenvalue weighted by atomic mass is 9.48. The van der Waals surface area contributed by atoms with Gasteiger partial charge in [0.05, 0.1) is 6.10 Å². The van der Waals surface area contributed by atoms with E-state index in [0.29, 0.717) is 16.7 Å². The van der Waals surface area contributed by atoms with Crippen molar-refractivity contribution in [2.75, 3.05) is 0 Å². The summed E-state index contributed by atoms with van der Waals surface area (Å²) in [5, 5.41) is 0.157. The van der Waals surface area contributed by atoms with Crippen LogP contribution in [0.15, 0.2) is 11.6 Å². The van der Waals surface area contributed by atoms with Gasteiger partial charge in [0.2, 0.25) is 0 Å². The maximum atomic E-state index is 11.8. The van der Waals surface area contributed by atoms with Crippen LogP contribution < -0.4 is 0 Å². The van der Waals surface area contributed by atoms with Gasteiger partial charge in [0, 0.05) is 5.92 Å². The molecule has 162 valence electrons. The second-order valence-corrected chi connectivity index (χ2v) is 17.0. The summed E-state index contributed by atoms with van der Waals surface area (Å²) in [6.07, 6.45) is 9.79. The Morgan fingerprint density at radius 1 is 1.25 bits per heavy atom. The van der Waals surface area contributed by atoms with Gasteiger partial charge in [0.1, 0.15) is 6.29 Å². The number of fused-ring (bicyclic) bond motifs is 1. The number of carbonyl (C=O) groups excluding carboxylic acids is 1. The van der Waals surface area contributed by atoms with Gasteiger partial charge < -0.3 is 9.22 Å². The van der Waals surface area contributed by atoms with E-state index >= 15 is 0 Å². The Bertz CT molecular complexity index is 598. The standard InChI is InChI=1S/C25H46O2Si/c1-18-12-13-22-24(6,7)14-11-15-25(22,8)20(18)16-21(19(2)17-26)27-28(9,10)23(3,4)5/h12,17,19-22H,11,13-16H2,1-10H3/t19-,20+,21-,22+,25-/m1/s1. The van der Waals surface area contributed by atoms with Crippen LogP contribution in [0.3, 0.4) is 0 Å². The molecule has 0 aromatic rings. The molecule has 0 spiro atoms. The Kier molecular flexibility index (Phi) is 6.83. The van der Waals surface area contributed by atoms with E-state index in [4.69, 9.17) is 4.43 Å². The molecule has 1 saturated carbocycles. The zero-order valence-corrected chi connectivity index (χ0v) is 21.3. The van der Waals surface area contributed by atoms with Crippen molar-refractivity contribution in [3.63, 3.8) is 0 Å². The molecular formula is C25H46O2Si. The number of allylic oxidation sites excluding steroid dienone is 2. The smallest absolute Gasteiger partial charge is 0.192 e. The van der Waals surface area contributed by atoms with Gasteiger partial charge in [0.25, 0.3) is 0 Å². The zero-order chi connectivity index (χ0) is 21.5. The number of hydrogen-bond donors (Lipinski definition) is 0. The van der Waals surface area contributed by atoms with Crippen molar-refractivity contribution in [2.24, 2.45) is 28.6 Å². The Labute approximate surface area is 176 Å². The van der Waals surface area contributed by atoms with E-state index in [1.54, 1.807) is 0 Å². The number of aldehydes is 1. The first kappa shape index (κ1) is 23.9. The van der Waals surface area contributed by atoms with E-state index in [1.807, 2.05) is 0 Å². The van der Waals surface area contributed by atoms with Crippen molar-refractivity contribution in [1.29, 1.82) is 0 Å². The average Bonchev–Trinajstić information content (AvgIpc) is 2.54. The van der Waals surface area contributed by atoms with E-state index in [-0.39, 0.29) is 17.1 Å². The largest absolute Gasteiger partial charge is 0.413 e. The van der Waals surface area contributed by atoms with Crippen molar-refractivity contribution in [3.8, 4) is 0 Å². The summed E-state index contributed by atoms with van der Waals surface area (Å²) < 4.78 is 6.86. The molecule has 0 aliphatic heterocycles. The van der Waals surface area contributed by atoms with Crippen molar-refractivity contribution in [1.82, 2.24) is 0 Å². The lowest BCUT2D eigenvalue weighted by molar-refractivity contribution is -0.114. The van der Waals surface area contributed by atoms with Crippen LogP contribution in [0.1, 0.15) is 87.5 Å². The number of hydrogen-bond acceptors (Lipinski definition) is 2. The molecule has 1 fully saturated rings. The van der Waals surface area contributed by atoms with E-state index in [1.165, 1.54) is 31.3 Å². The van der Waals surface area contributed by atoms with Crippen molar-refractivity contribution < 1.29 is 9.22 Å². The molecule has 3 heteroatoms. The summed E-state index contributed by atoms with van der Waals surface area (Å²) in [5.41, 5.74) is 2.24. The van der Waals surface area contributed by atoms with Gasteiger partial charge in [0.15, 0.2) is 8.32 Å². The minimum atomic E-state index is -1.93. The maximum Gasteiger partial charge on any atom is 0.192 e. The van der Waals surface area contributed by atoms with Gasteiger partial charge in [-0.2, -0.15) is 0 Å². The van der Waals surface area contributed by atoms with Crippen LogP contribution in [-0.2, 0) is 9.22 Å². The molecule has 2 aliphatic rings. The summed E-state index contributed by atoms with van der Waals surface area (Å²) >= 11 is 0. The first-order valence-electron chi connectivity index (χ1n) is 11.5. The first-order chi connectivity index (χ1) is 12.7. The molecule has 0 saturated heterocycles. The number of carbonyl (C=O) groups is 1. The van der Waals surface area contributed by atoms with Gasteiger partial charge in [-0.3, -0.25) is 0 Å². The van der Waals surface area contributed by atoms with Crippen molar-refractivity contribution in [3.05, 3.63) is 11.6 Å². The van der Waals surface area contributed by atoms with Gasteiger partial charge in [-0.15, -0.1) is 0 Å². The molecule has 0 heterocycles. The second-order valence-electron chi connectivity index (χ2n) is 12.3. The Morgan fingerprint density at radius 2 is 1.86 bits per heavy atom. The molecule has 0 bridgehead atoms. The van der Waals surface area contributed by atoms with E-state index < -0.39 is 8.32 Å². The van der Waals surface area contributed by atoms with E-state index in [2.05, 4.69) is 74.6 Å². The third-order valence-corrected chi connectivity index (χ3v) is 13.3.